The number of rotatable bonds is 12. The average molecular weight is 497 g/mol. The van der Waals surface area contributed by atoms with E-state index >= 15 is 0 Å². The molecule has 0 bridgehead atoms. The number of hydrogen-bond acceptors (Lipinski definition) is 4. The monoisotopic (exact) mass is 495 g/mol. The van der Waals surface area contributed by atoms with Gasteiger partial charge in [0.05, 0.1) is 12.2 Å². The molecule has 1 aliphatic carbocycles. The fourth-order valence-corrected chi connectivity index (χ4v) is 5.70. The van der Waals surface area contributed by atoms with Crippen molar-refractivity contribution >= 4 is 33.2 Å². The van der Waals surface area contributed by atoms with Gasteiger partial charge in [-0.25, -0.2) is 0 Å². The van der Waals surface area contributed by atoms with Gasteiger partial charge in [0.1, 0.15) is 0 Å². The van der Waals surface area contributed by atoms with Crippen LogP contribution in [0.15, 0.2) is 47.5 Å². The van der Waals surface area contributed by atoms with Gasteiger partial charge < -0.3 is 15.9 Å². The van der Waals surface area contributed by atoms with Crippen molar-refractivity contribution in [1.82, 2.24) is 0 Å². The number of carbonyl (C=O) groups excluding carboxylic acids is 1. The van der Waals surface area contributed by atoms with Crippen LogP contribution in [0.4, 0.5) is 0 Å². The number of halogens is 1. The first-order chi connectivity index (χ1) is 14.3. The predicted octanol–water partition coefficient (Wildman–Crippen LogP) is 5.07. The summed E-state index contributed by atoms with van der Waals surface area (Å²) in [6.07, 6.45) is 14.1. The molecule has 1 heterocycles. The van der Waals surface area contributed by atoms with E-state index in [1.54, 1.807) is 11.3 Å². The minimum Gasteiger partial charge on any atom is -0.393 e. The molecule has 6 heteroatoms. The first-order valence-corrected chi connectivity index (χ1v) is 12.3. The van der Waals surface area contributed by atoms with Gasteiger partial charge in [0.25, 0.3) is 0 Å². The van der Waals surface area contributed by atoms with Crippen molar-refractivity contribution in [3.63, 3.8) is 0 Å². The summed E-state index contributed by atoms with van der Waals surface area (Å²) < 4.78 is 1.13. The molecule has 30 heavy (non-hydrogen) atoms. The molecule has 4 N–H and O–H groups in total. The lowest BCUT2D eigenvalue weighted by atomic mass is 9.86. The molecule has 1 aromatic heterocycles. The van der Waals surface area contributed by atoms with Gasteiger partial charge in [-0.05, 0) is 85.2 Å². The molecule has 0 radical (unpaired) electrons. The molecule has 1 amide bonds. The van der Waals surface area contributed by atoms with E-state index < -0.39 is 6.10 Å². The van der Waals surface area contributed by atoms with Crippen molar-refractivity contribution in [2.45, 2.75) is 64.1 Å². The summed E-state index contributed by atoms with van der Waals surface area (Å²) in [7, 11) is 0. The third-order valence-corrected chi connectivity index (χ3v) is 8.01. The van der Waals surface area contributed by atoms with Crippen LogP contribution in [0, 0.1) is 24.7 Å². The molecule has 1 saturated carbocycles. The number of allylic oxidation sites excluding steroid dienone is 4. The molecule has 0 aromatic carbocycles. The van der Waals surface area contributed by atoms with E-state index in [2.05, 4.69) is 53.7 Å². The molecular formula is C24H34BrNO3S. The van der Waals surface area contributed by atoms with E-state index in [9.17, 15) is 15.0 Å². The van der Waals surface area contributed by atoms with Gasteiger partial charge in [0.2, 0.25) is 5.91 Å². The Labute approximate surface area is 192 Å². The first kappa shape index (κ1) is 25.1. The fraction of sp³-hybridized carbons (Fsp3) is 0.542. The van der Waals surface area contributed by atoms with Crippen LogP contribution in [-0.2, 0) is 11.2 Å². The lowest BCUT2D eigenvalue weighted by molar-refractivity contribution is -0.118. The van der Waals surface area contributed by atoms with Gasteiger partial charge in [-0.2, -0.15) is 0 Å². The van der Waals surface area contributed by atoms with Crippen molar-refractivity contribution < 1.29 is 15.0 Å². The third kappa shape index (κ3) is 7.80. The number of hydrogen-bond donors (Lipinski definition) is 3. The Morgan fingerprint density at radius 2 is 2.23 bits per heavy atom. The lowest BCUT2D eigenvalue weighted by Gasteiger charge is -2.20. The maximum Gasteiger partial charge on any atom is 0.217 e. The van der Waals surface area contributed by atoms with Crippen molar-refractivity contribution in [1.29, 1.82) is 0 Å². The highest BCUT2D eigenvalue weighted by molar-refractivity contribution is 9.10. The molecule has 2 rings (SSSR count). The van der Waals surface area contributed by atoms with E-state index in [1.165, 1.54) is 9.75 Å². The second kappa shape index (κ2) is 12.6. The van der Waals surface area contributed by atoms with Crippen LogP contribution in [0.1, 0.15) is 48.3 Å². The first-order valence-electron chi connectivity index (χ1n) is 10.7. The zero-order valence-corrected chi connectivity index (χ0v) is 20.1. The second-order valence-corrected chi connectivity index (χ2v) is 10.3. The molecule has 0 spiro atoms. The number of unbranched alkanes of at least 4 members (excludes halogenated alkanes) is 1. The summed E-state index contributed by atoms with van der Waals surface area (Å²) in [4.78, 5) is 13.3. The molecule has 166 valence electrons. The summed E-state index contributed by atoms with van der Waals surface area (Å²) in [6.45, 7) is 6.03. The van der Waals surface area contributed by atoms with Gasteiger partial charge >= 0.3 is 0 Å². The zero-order valence-electron chi connectivity index (χ0n) is 17.7. The molecule has 1 aliphatic rings. The van der Waals surface area contributed by atoms with Crippen molar-refractivity contribution in [2.24, 2.45) is 23.5 Å². The van der Waals surface area contributed by atoms with Gasteiger partial charge in [-0.3, -0.25) is 4.79 Å². The Morgan fingerprint density at radius 3 is 2.87 bits per heavy atom. The van der Waals surface area contributed by atoms with Crippen molar-refractivity contribution in [3.05, 3.63) is 57.3 Å². The van der Waals surface area contributed by atoms with Gasteiger partial charge in [0.15, 0.2) is 0 Å². The van der Waals surface area contributed by atoms with Crippen molar-refractivity contribution in [3.8, 4) is 0 Å². The minimum absolute atomic E-state index is 0.111. The number of carbonyl (C=O) groups is 1. The number of amides is 1. The van der Waals surface area contributed by atoms with E-state index in [1.807, 2.05) is 12.2 Å². The number of aliphatic hydroxyl groups excluding tert-OH is 2. The standard InChI is InChI=1S/C24H34BrNO3S/c1-3-17-14-23(28)21(8-6-4-5-7-9-24(26)29)20(17)13-11-18(27)10-12-19-15-22(25)16(2)30-19/h3-4,6,11,13,15,17-18,20-21,23,27-28H,1,5,7-10,12,14H2,2H3,(H2,26,29)/t17?,18?,20-,21+,23?/m0/s1. The van der Waals surface area contributed by atoms with Crippen LogP contribution in [-0.4, -0.2) is 28.3 Å². The van der Waals surface area contributed by atoms with E-state index in [-0.39, 0.29) is 29.8 Å². The number of nitrogens with two attached hydrogens (primary N) is 1. The molecule has 1 aromatic rings. The molecular weight excluding hydrogens is 462 g/mol. The highest BCUT2D eigenvalue weighted by atomic mass is 79.9. The quantitative estimate of drug-likeness (QED) is 0.279. The lowest BCUT2D eigenvalue weighted by Crippen LogP contribution is -2.18. The van der Waals surface area contributed by atoms with Crippen LogP contribution in [0.5, 0.6) is 0 Å². The third-order valence-electron chi connectivity index (χ3n) is 5.82. The Hall–Kier alpha value is -1.21. The van der Waals surface area contributed by atoms with E-state index in [0.717, 1.165) is 30.2 Å². The normalized spacial score (nSPS) is 25.3. The summed E-state index contributed by atoms with van der Waals surface area (Å²) in [5.41, 5.74) is 5.16. The maximum absolute atomic E-state index is 10.8. The second-order valence-electron chi connectivity index (χ2n) is 8.12. The Kier molecular flexibility index (Phi) is 10.5. The molecule has 5 atom stereocenters. The molecule has 3 unspecified atom stereocenters. The Bertz CT molecular complexity index is 738. The van der Waals surface area contributed by atoms with Gasteiger partial charge in [0, 0.05) is 20.6 Å². The molecule has 4 nitrogen and oxygen atoms in total. The minimum atomic E-state index is -0.501. The number of primary amides is 1. The fourth-order valence-electron chi connectivity index (χ4n) is 4.09. The molecule has 0 saturated heterocycles. The van der Waals surface area contributed by atoms with Crippen LogP contribution in [0.25, 0.3) is 0 Å². The molecule has 0 aliphatic heterocycles. The van der Waals surface area contributed by atoms with Crippen LogP contribution in [0.3, 0.4) is 0 Å². The largest absolute Gasteiger partial charge is 0.393 e. The molecule has 1 fully saturated rings. The smallest absolute Gasteiger partial charge is 0.217 e. The van der Waals surface area contributed by atoms with E-state index in [0.29, 0.717) is 19.3 Å². The highest BCUT2D eigenvalue weighted by Crippen LogP contribution is 2.41. The van der Waals surface area contributed by atoms with Crippen molar-refractivity contribution in [2.75, 3.05) is 0 Å². The number of aliphatic hydroxyl groups is 2. The zero-order chi connectivity index (χ0) is 22.1. The SMILES string of the molecule is C=CC1CC(O)[C@H](CC=CCCCC(N)=O)[C@H]1C=CC(O)CCc1cc(Br)c(C)s1. The van der Waals surface area contributed by atoms with Crippen LogP contribution in [0.2, 0.25) is 0 Å². The van der Waals surface area contributed by atoms with Crippen LogP contribution < -0.4 is 5.73 Å². The topological polar surface area (TPSA) is 83.5 Å². The summed E-state index contributed by atoms with van der Waals surface area (Å²) in [5, 5.41) is 21.0. The van der Waals surface area contributed by atoms with Crippen LogP contribution >= 0.6 is 27.3 Å². The number of thiophene rings is 1. The predicted molar refractivity (Wildman–Crippen MR) is 128 cm³/mol. The van der Waals surface area contributed by atoms with Gasteiger partial charge in [-0.1, -0.05) is 30.4 Å². The Morgan fingerprint density at radius 1 is 1.47 bits per heavy atom. The average Bonchev–Trinajstić information content (AvgIpc) is 3.19. The summed E-state index contributed by atoms with van der Waals surface area (Å²) in [6, 6.07) is 2.13. The summed E-state index contributed by atoms with van der Waals surface area (Å²) in [5.74, 6) is 0.224. The summed E-state index contributed by atoms with van der Waals surface area (Å²) >= 11 is 5.30. The highest BCUT2D eigenvalue weighted by Gasteiger charge is 2.38. The maximum atomic E-state index is 10.8. The van der Waals surface area contributed by atoms with E-state index in [4.69, 9.17) is 5.73 Å². The Balaban J connectivity index is 1.89. The number of aryl methyl sites for hydroxylation is 2. The van der Waals surface area contributed by atoms with Gasteiger partial charge in [-0.15, -0.1) is 17.9 Å².